The molecule has 2 atom stereocenters. The molecule has 15 heteroatoms. The molecule has 2 aliphatic rings. The van der Waals surface area contributed by atoms with E-state index in [1.54, 1.807) is 25.9 Å². The molecule has 264 valence electrons. The minimum Gasteiger partial charge on any atom is -0.481 e. The SMILES string of the molecule is CCOc1nc(OC)c(CN2CC3CN(C(=O)N(C)C)CCN3C(C(c3ccccc3)c3ccccc3)C2)c(OCC(F)(F)F)n1.Cl.Cl. The Morgan fingerprint density at radius 2 is 1.52 bits per heavy atom. The third-order valence-electron chi connectivity index (χ3n) is 8.36. The van der Waals surface area contributed by atoms with Crippen molar-refractivity contribution >= 4 is 30.8 Å². The molecule has 0 saturated carbocycles. The molecule has 2 aromatic carbocycles. The molecule has 0 aliphatic carbocycles. The Labute approximate surface area is 292 Å². The van der Waals surface area contributed by atoms with Gasteiger partial charge in [-0.1, -0.05) is 60.7 Å². The summed E-state index contributed by atoms with van der Waals surface area (Å²) in [7, 11) is 4.89. The first-order valence-corrected chi connectivity index (χ1v) is 15.4. The van der Waals surface area contributed by atoms with Crippen molar-refractivity contribution in [3.63, 3.8) is 0 Å². The minimum atomic E-state index is -4.57. The first-order valence-electron chi connectivity index (χ1n) is 15.4. The smallest absolute Gasteiger partial charge is 0.422 e. The monoisotopic (exact) mass is 714 g/mol. The summed E-state index contributed by atoms with van der Waals surface area (Å²) in [6.07, 6.45) is -4.57. The van der Waals surface area contributed by atoms with Crippen molar-refractivity contribution in [2.75, 3.05) is 67.1 Å². The van der Waals surface area contributed by atoms with Gasteiger partial charge in [0, 0.05) is 71.4 Å². The molecule has 5 rings (SSSR count). The third-order valence-corrected chi connectivity index (χ3v) is 8.36. The maximum absolute atomic E-state index is 13.3. The number of nitrogens with zero attached hydrogens (tertiary/aromatic N) is 6. The molecule has 48 heavy (non-hydrogen) atoms. The molecule has 1 aromatic heterocycles. The Morgan fingerprint density at radius 1 is 0.917 bits per heavy atom. The van der Waals surface area contributed by atoms with Gasteiger partial charge in [-0.25, -0.2) is 4.79 Å². The Balaban J connectivity index is 0.00000312. The van der Waals surface area contributed by atoms with E-state index in [2.05, 4.69) is 44.0 Å². The van der Waals surface area contributed by atoms with Gasteiger partial charge >= 0.3 is 18.2 Å². The lowest BCUT2D eigenvalue weighted by molar-refractivity contribution is -0.154. The third kappa shape index (κ3) is 9.34. The summed E-state index contributed by atoms with van der Waals surface area (Å²) < 4.78 is 56.1. The lowest BCUT2D eigenvalue weighted by atomic mass is 9.81. The number of methoxy groups -OCH3 is 1. The van der Waals surface area contributed by atoms with Gasteiger partial charge in [-0.05, 0) is 18.1 Å². The predicted molar refractivity (Wildman–Crippen MR) is 181 cm³/mol. The van der Waals surface area contributed by atoms with Crippen LogP contribution >= 0.6 is 24.8 Å². The van der Waals surface area contributed by atoms with Gasteiger partial charge in [-0.3, -0.25) is 9.80 Å². The Bertz CT molecular complexity index is 1420. The molecule has 0 N–H and O–H groups in total. The van der Waals surface area contributed by atoms with Crippen molar-refractivity contribution in [2.45, 2.75) is 37.6 Å². The molecule has 2 aliphatic heterocycles. The summed E-state index contributed by atoms with van der Waals surface area (Å²) in [6, 6.07) is 20.4. The lowest BCUT2D eigenvalue weighted by Gasteiger charge is -2.53. The van der Waals surface area contributed by atoms with Crippen molar-refractivity contribution in [1.29, 1.82) is 0 Å². The predicted octanol–water partition coefficient (Wildman–Crippen LogP) is 5.35. The van der Waals surface area contributed by atoms with Gasteiger partial charge in [0.05, 0.1) is 19.3 Å². The Morgan fingerprint density at radius 3 is 2.06 bits per heavy atom. The van der Waals surface area contributed by atoms with Gasteiger partial charge < -0.3 is 24.0 Å². The highest BCUT2D eigenvalue weighted by Gasteiger charge is 2.43. The average molecular weight is 716 g/mol. The fourth-order valence-corrected chi connectivity index (χ4v) is 6.47. The van der Waals surface area contributed by atoms with Crippen LogP contribution in [0, 0.1) is 0 Å². The maximum atomic E-state index is 13.3. The van der Waals surface area contributed by atoms with Crippen LogP contribution in [0.2, 0.25) is 0 Å². The highest BCUT2D eigenvalue weighted by atomic mass is 35.5. The van der Waals surface area contributed by atoms with Crippen LogP contribution in [-0.4, -0.2) is 121 Å². The van der Waals surface area contributed by atoms with Gasteiger partial charge in [0.2, 0.25) is 11.8 Å². The van der Waals surface area contributed by atoms with Crippen molar-refractivity contribution in [2.24, 2.45) is 0 Å². The van der Waals surface area contributed by atoms with Crippen LogP contribution in [0.25, 0.3) is 0 Å². The number of carbonyl (C=O) groups excluding carboxylic acids is 1. The van der Waals surface area contributed by atoms with Crippen molar-refractivity contribution < 1.29 is 32.2 Å². The largest absolute Gasteiger partial charge is 0.481 e. The van der Waals surface area contributed by atoms with Crippen LogP contribution in [0.5, 0.6) is 17.8 Å². The Kier molecular flexibility index (Phi) is 14.0. The molecule has 2 unspecified atom stereocenters. The fraction of sp³-hybridized carbons (Fsp3) is 0.485. The zero-order chi connectivity index (χ0) is 32.8. The average Bonchev–Trinajstić information content (AvgIpc) is 3.04. The number of hydrogen-bond donors (Lipinski definition) is 0. The van der Waals surface area contributed by atoms with E-state index in [-0.39, 0.29) is 79.8 Å². The summed E-state index contributed by atoms with van der Waals surface area (Å²) in [5.41, 5.74) is 2.61. The molecule has 3 aromatic rings. The van der Waals surface area contributed by atoms with Crippen LogP contribution in [0.3, 0.4) is 0 Å². The van der Waals surface area contributed by atoms with E-state index in [9.17, 15) is 18.0 Å². The summed E-state index contributed by atoms with van der Waals surface area (Å²) >= 11 is 0. The normalized spacial score (nSPS) is 18.3. The van der Waals surface area contributed by atoms with E-state index >= 15 is 0 Å². The number of aromatic nitrogens is 2. The number of ether oxygens (including phenoxy) is 3. The standard InChI is InChI=1S/C33H41F3N6O4.2ClH/c1-5-45-31-37-29(44-4)26(30(38-31)46-22-33(34,35)36)20-40-18-25-19-41(32(43)39(2)3)16-17-42(25)27(21-40)28(23-12-8-6-9-13-23)24-14-10-7-11-15-24;;/h6-15,25,27-28H,5,16-22H2,1-4H3;2*1H. The minimum absolute atomic E-state index is 0. The van der Waals surface area contributed by atoms with Crippen LogP contribution in [0.4, 0.5) is 18.0 Å². The molecule has 0 spiro atoms. The molecule has 10 nitrogen and oxygen atoms in total. The van der Waals surface area contributed by atoms with Crippen LogP contribution in [0.1, 0.15) is 29.5 Å². The van der Waals surface area contributed by atoms with E-state index in [1.807, 2.05) is 41.3 Å². The lowest BCUT2D eigenvalue weighted by Crippen LogP contribution is -2.67. The molecule has 3 heterocycles. The van der Waals surface area contributed by atoms with E-state index in [0.29, 0.717) is 38.3 Å². The van der Waals surface area contributed by atoms with E-state index in [0.717, 1.165) is 11.1 Å². The van der Waals surface area contributed by atoms with E-state index in [4.69, 9.17) is 14.2 Å². The van der Waals surface area contributed by atoms with Crippen LogP contribution in [0.15, 0.2) is 60.7 Å². The zero-order valence-electron chi connectivity index (χ0n) is 27.4. The maximum Gasteiger partial charge on any atom is 0.422 e. The summed E-state index contributed by atoms with van der Waals surface area (Å²) in [6.45, 7) is 3.52. The molecule has 2 saturated heterocycles. The summed E-state index contributed by atoms with van der Waals surface area (Å²) in [5.74, 6) is -0.157. The highest BCUT2D eigenvalue weighted by Crippen LogP contribution is 2.38. The highest BCUT2D eigenvalue weighted by molar-refractivity contribution is 5.85. The number of halogens is 5. The number of urea groups is 1. The van der Waals surface area contributed by atoms with Crippen molar-refractivity contribution in [3.8, 4) is 17.8 Å². The molecule has 0 bridgehead atoms. The van der Waals surface area contributed by atoms with E-state index < -0.39 is 12.8 Å². The fourth-order valence-electron chi connectivity index (χ4n) is 6.47. The molecular weight excluding hydrogens is 672 g/mol. The number of fused-ring (bicyclic) bond motifs is 1. The number of hydrogen-bond acceptors (Lipinski definition) is 8. The van der Waals surface area contributed by atoms with Gasteiger partial charge in [0.15, 0.2) is 6.61 Å². The quantitative estimate of drug-likeness (QED) is 0.278. The number of benzene rings is 2. The van der Waals surface area contributed by atoms with Gasteiger partial charge in [-0.15, -0.1) is 24.8 Å². The van der Waals surface area contributed by atoms with Gasteiger partial charge in [0.25, 0.3) is 0 Å². The van der Waals surface area contributed by atoms with Gasteiger partial charge in [0.1, 0.15) is 0 Å². The second kappa shape index (κ2) is 17.2. The van der Waals surface area contributed by atoms with Crippen molar-refractivity contribution in [1.82, 2.24) is 29.6 Å². The van der Waals surface area contributed by atoms with Crippen molar-refractivity contribution in [3.05, 3.63) is 77.4 Å². The zero-order valence-corrected chi connectivity index (χ0v) is 29.1. The van der Waals surface area contributed by atoms with E-state index in [1.165, 1.54) is 7.11 Å². The molecular formula is C33H43Cl2F3N6O4. The second-order valence-corrected chi connectivity index (χ2v) is 11.7. The van der Waals surface area contributed by atoms with Crippen LogP contribution in [-0.2, 0) is 6.54 Å². The number of amides is 2. The first-order chi connectivity index (χ1) is 22.1. The number of carbonyl (C=O) groups is 1. The number of piperazine rings is 2. The topological polar surface area (TPSA) is 83.5 Å². The first kappa shape index (κ1) is 38.9. The summed E-state index contributed by atoms with van der Waals surface area (Å²) in [4.78, 5) is 29.7. The van der Waals surface area contributed by atoms with Crippen LogP contribution < -0.4 is 14.2 Å². The molecule has 0 radical (unpaired) electrons. The second-order valence-electron chi connectivity index (χ2n) is 11.7. The number of rotatable bonds is 10. The molecule has 2 amide bonds. The number of alkyl halides is 3. The molecule has 2 fully saturated rings. The van der Waals surface area contributed by atoms with Gasteiger partial charge in [-0.2, -0.15) is 23.1 Å². The Hall–Kier alpha value is -3.52. The summed E-state index contributed by atoms with van der Waals surface area (Å²) in [5, 5.41) is 0.